The van der Waals surface area contributed by atoms with E-state index in [0.29, 0.717) is 23.0 Å². The maximum absolute atomic E-state index is 12.6. The summed E-state index contributed by atoms with van der Waals surface area (Å²) in [5, 5.41) is 9.28. The van der Waals surface area contributed by atoms with Crippen LogP contribution in [0.5, 0.6) is 11.5 Å². The van der Waals surface area contributed by atoms with E-state index in [1.54, 1.807) is 38.3 Å². The third-order valence-electron chi connectivity index (χ3n) is 3.59. The summed E-state index contributed by atoms with van der Waals surface area (Å²) in [5.41, 5.74) is 0.740. The van der Waals surface area contributed by atoms with Crippen molar-refractivity contribution in [2.45, 2.75) is 26.3 Å². The number of carbonyl (C=O) groups excluding carboxylic acids is 1. The first-order chi connectivity index (χ1) is 11.9. The van der Waals surface area contributed by atoms with E-state index in [2.05, 4.69) is 0 Å². The largest absolute Gasteiger partial charge is 0.493 e. The number of ether oxygens (including phenoxy) is 2. The fraction of sp³-hybridized carbons (Fsp3) is 0.353. The maximum Gasteiger partial charge on any atom is 0.326 e. The molecule has 1 aromatic carbocycles. The molecule has 1 saturated heterocycles. The molecule has 0 spiro atoms. The van der Waals surface area contributed by atoms with E-state index >= 15 is 0 Å². The normalized spacial score (nSPS) is 17.1. The minimum absolute atomic E-state index is 0.253. The van der Waals surface area contributed by atoms with Crippen molar-refractivity contribution in [1.82, 2.24) is 4.90 Å². The molecule has 1 amide bonds. The van der Waals surface area contributed by atoms with Gasteiger partial charge in [0.05, 0.1) is 18.6 Å². The number of carboxylic acid groups (broad SMARTS) is 1. The Morgan fingerprint density at radius 3 is 2.68 bits per heavy atom. The monoisotopic (exact) mass is 381 g/mol. The Bertz CT molecular complexity index is 732. The number of carboxylic acids is 1. The summed E-state index contributed by atoms with van der Waals surface area (Å²) >= 11 is 6.29. The lowest BCUT2D eigenvalue weighted by molar-refractivity contribution is -0.145. The van der Waals surface area contributed by atoms with Gasteiger partial charge in [-0.1, -0.05) is 37.0 Å². The summed E-state index contributed by atoms with van der Waals surface area (Å²) < 4.78 is 11.0. The number of carbonyl (C=O) groups is 2. The number of thioether (sulfide) groups is 1. The third kappa shape index (κ3) is 4.13. The van der Waals surface area contributed by atoms with Gasteiger partial charge in [0.1, 0.15) is 10.4 Å². The highest BCUT2D eigenvalue weighted by Gasteiger charge is 2.39. The topological polar surface area (TPSA) is 76.1 Å². The first-order valence-corrected chi connectivity index (χ1v) is 8.96. The quantitative estimate of drug-likeness (QED) is 0.574. The standard InChI is InChI=1S/C17H19NO5S2/c1-4-11(16(20)21)18-15(19)14(25-17(18)24)9-10-6-7-12(23-5-2)13(8-10)22-3/h6-9,11H,4-5H2,1-3H3,(H,20,21)/b14-9-/t11-/m1/s1. The van der Waals surface area contributed by atoms with E-state index in [1.165, 1.54) is 4.90 Å². The van der Waals surface area contributed by atoms with E-state index in [1.807, 2.05) is 6.92 Å². The van der Waals surface area contributed by atoms with Crippen molar-refractivity contribution in [3.8, 4) is 11.5 Å². The third-order valence-corrected chi connectivity index (χ3v) is 4.92. The lowest BCUT2D eigenvalue weighted by Crippen LogP contribution is -2.43. The lowest BCUT2D eigenvalue weighted by atomic mass is 10.1. The van der Waals surface area contributed by atoms with Crippen LogP contribution in [0, 0.1) is 0 Å². The molecular formula is C17H19NO5S2. The van der Waals surface area contributed by atoms with Gasteiger partial charge >= 0.3 is 5.97 Å². The predicted octanol–water partition coefficient (Wildman–Crippen LogP) is 3.16. The number of hydrogen-bond donors (Lipinski definition) is 1. The number of benzene rings is 1. The molecule has 1 N–H and O–H groups in total. The minimum Gasteiger partial charge on any atom is -0.493 e. The summed E-state index contributed by atoms with van der Waals surface area (Å²) in [6.07, 6.45) is 1.96. The summed E-state index contributed by atoms with van der Waals surface area (Å²) in [5.74, 6) is -0.283. The fourth-order valence-corrected chi connectivity index (χ4v) is 3.77. The van der Waals surface area contributed by atoms with Gasteiger partial charge in [0.2, 0.25) is 0 Å². The Morgan fingerprint density at radius 1 is 1.40 bits per heavy atom. The first kappa shape index (κ1) is 19.3. The summed E-state index contributed by atoms with van der Waals surface area (Å²) in [4.78, 5) is 25.5. The van der Waals surface area contributed by atoms with Gasteiger partial charge in [-0.25, -0.2) is 4.79 Å². The van der Waals surface area contributed by atoms with Crippen LogP contribution in [0.3, 0.4) is 0 Å². The second-order valence-corrected chi connectivity index (χ2v) is 6.83. The molecule has 8 heteroatoms. The zero-order valence-corrected chi connectivity index (χ0v) is 15.8. The molecule has 1 heterocycles. The van der Waals surface area contributed by atoms with Gasteiger partial charge in [-0.3, -0.25) is 9.69 Å². The molecule has 0 aromatic heterocycles. The number of thiocarbonyl (C=S) groups is 1. The van der Waals surface area contributed by atoms with Crippen LogP contribution >= 0.6 is 24.0 Å². The second-order valence-electron chi connectivity index (χ2n) is 5.16. The van der Waals surface area contributed by atoms with Crippen LogP contribution in [0.1, 0.15) is 25.8 Å². The highest BCUT2D eigenvalue weighted by molar-refractivity contribution is 8.26. The van der Waals surface area contributed by atoms with Crippen molar-refractivity contribution >= 4 is 46.3 Å². The average molecular weight is 381 g/mol. The molecule has 6 nitrogen and oxygen atoms in total. The number of methoxy groups -OCH3 is 1. The maximum atomic E-state index is 12.6. The van der Waals surface area contributed by atoms with Crippen LogP contribution in [0.4, 0.5) is 0 Å². The van der Waals surface area contributed by atoms with Crippen LogP contribution in [0.2, 0.25) is 0 Å². The molecule has 25 heavy (non-hydrogen) atoms. The zero-order chi connectivity index (χ0) is 18.6. The number of amides is 1. The van der Waals surface area contributed by atoms with Crippen molar-refractivity contribution in [2.24, 2.45) is 0 Å². The van der Waals surface area contributed by atoms with Gasteiger partial charge in [0.15, 0.2) is 11.5 Å². The van der Waals surface area contributed by atoms with Gasteiger partial charge in [0.25, 0.3) is 5.91 Å². The highest BCUT2D eigenvalue weighted by Crippen LogP contribution is 2.36. The molecular weight excluding hydrogens is 362 g/mol. The molecule has 1 fully saturated rings. The van der Waals surface area contributed by atoms with Crippen LogP contribution in [-0.4, -0.2) is 46.0 Å². The summed E-state index contributed by atoms with van der Waals surface area (Å²) in [6, 6.07) is 4.37. The van der Waals surface area contributed by atoms with Gasteiger partial charge in [0, 0.05) is 0 Å². The molecule has 0 unspecified atom stereocenters. The Labute approximate surface area is 155 Å². The van der Waals surface area contributed by atoms with Gasteiger partial charge in [-0.15, -0.1) is 0 Å². The highest BCUT2D eigenvalue weighted by atomic mass is 32.2. The van der Waals surface area contributed by atoms with E-state index in [0.717, 1.165) is 17.3 Å². The van der Waals surface area contributed by atoms with E-state index < -0.39 is 17.9 Å². The molecule has 134 valence electrons. The number of nitrogens with zero attached hydrogens (tertiary/aromatic N) is 1. The molecule has 0 aliphatic carbocycles. The van der Waals surface area contributed by atoms with Crippen LogP contribution in [0.25, 0.3) is 6.08 Å². The molecule has 0 saturated carbocycles. The molecule has 1 aliphatic heterocycles. The van der Waals surface area contributed by atoms with Crippen molar-refractivity contribution in [1.29, 1.82) is 0 Å². The molecule has 0 radical (unpaired) electrons. The van der Waals surface area contributed by atoms with E-state index in [4.69, 9.17) is 21.7 Å². The molecule has 1 aromatic rings. The molecule has 2 rings (SSSR count). The number of rotatable bonds is 7. The second kappa shape index (κ2) is 8.35. The van der Waals surface area contributed by atoms with E-state index in [-0.39, 0.29) is 10.7 Å². The predicted molar refractivity (Wildman–Crippen MR) is 101 cm³/mol. The molecule has 0 bridgehead atoms. The number of hydrogen-bond acceptors (Lipinski definition) is 6. The summed E-state index contributed by atoms with van der Waals surface area (Å²) in [7, 11) is 1.54. The zero-order valence-electron chi connectivity index (χ0n) is 14.1. The summed E-state index contributed by atoms with van der Waals surface area (Å²) in [6.45, 7) is 4.10. The van der Waals surface area contributed by atoms with Crippen LogP contribution in [-0.2, 0) is 9.59 Å². The van der Waals surface area contributed by atoms with Crippen LogP contribution < -0.4 is 9.47 Å². The first-order valence-electron chi connectivity index (χ1n) is 7.73. The van der Waals surface area contributed by atoms with Gasteiger partial charge in [-0.05, 0) is 37.1 Å². The minimum atomic E-state index is -1.07. The van der Waals surface area contributed by atoms with Crippen molar-refractivity contribution in [3.63, 3.8) is 0 Å². The smallest absolute Gasteiger partial charge is 0.326 e. The van der Waals surface area contributed by atoms with E-state index in [9.17, 15) is 14.7 Å². The Morgan fingerprint density at radius 2 is 2.12 bits per heavy atom. The average Bonchev–Trinajstić information content (AvgIpc) is 2.84. The Balaban J connectivity index is 2.31. The van der Waals surface area contributed by atoms with Crippen molar-refractivity contribution < 1.29 is 24.2 Å². The van der Waals surface area contributed by atoms with Gasteiger partial charge in [-0.2, -0.15) is 0 Å². The Kier molecular flexibility index (Phi) is 6.44. The Hall–Kier alpha value is -2.06. The van der Waals surface area contributed by atoms with Crippen molar-refractivity contribution in [3.05, 3.63) is 28.7 Å². The molecule has 1 atom stereocenters. The van der Waals surface area contributed by atoms with Gasteiger partial charge < -0.3 is 14.6 Å². The van der Waals surface area contributed by atoms with Crippen molar-refractivity contribution in [2.75, 3.05) is 13.7 Å². The number of aliphatic carboxylic acids is 1. The fourth-order valence-electron chi connectivity index (χ4n) is 2.42. The van der Waals surface area contributed by atoms with Crippen LogP contribution in [0.15, 0.2) is 23.1 Å². The lowest BCUT2D eigenvalue weighted by Gasteiger charge is -2.21. The SMILES string of the molecule is CCOc1ccc(/C=C2\SC(=S)N([C@H](CC)C(=O)O)C2=O)cc1OC. The molecule has 1 aliphatic rings.